The standard InChI is InChI=1S/C19H24N4O2/c1-5-7-15-16(18(24)25-6-2)17(14-10-8-12(3)9-11-14)23-19(21-15)20-13(4)22-23/h8-11,17H,5-7H2,1-4H3,(H,20,21,22). The zero-order valence-corrected chi connectivity index (χ0v) is 15.2. The molecular weight excluding hydrogens is 316 g/mol. The van der Waals surface area contributed by atoms with Gasteiger partial charge in [0.25, 0.3) is 0 Å². The molecule has 2 aromatic rings. The summed E-state index contributed by atoms with van der Waals surface area (Å²) in [6.07, 6.45) is 1.67. The number of rotatable bonds is 5. The number of aromatic nitrogens is 3. The SMILES string of the molecule is CCCC1=C(C(=O)OCC)C(c2ccc(C)cc2)n2nc(C)nc2N1. The molecular formula is C19H24N4O2. The summed E-state index contributed by atoms with van der Waals surface area (Å²) < 4.78 is 7.14. The molecule has 0 spiro atoms. The number of ether oxygens (including phenoxy) is 1. The predicted octanol–water partition coefficient (Wildman–Crippen LogP) is 3.53. The normalized spacial score (nSPS) is 16.4. The Labute approximate surface area is 147 Å². The zero-order chi connectivity index (χ0) is 18.0. The lowest BCUT2D eigenvalue weighted by Crippen LogP contribution is -2.30. The number of nitrogens with one attached hydrogen (secondary N) is 1. The van der Waals surface area contributed by atoms with Gasteiger partial charge in [-0.1, -0.05) is 43.2 Å². The summed E-state index contributed by atoms with van der Waals surface area (Å²) in [5.41, 5.74) is 3.65. The molecule has 1 aromatic carbocycles. The molecule has 0 bridgehead atoms. The summed E-state index contributed by atoms with van der Waals surface area (Å²) >= 11 is 0. The maximum atomic E-state index is 12.8. The van der Waals surface area contributed by atoms with Gasteiger partial charge in [-0.3, -0.25) is 0 Å². The van der Waals surface area contributed by atoms with E-state index in [1.54, 1.807) is 4.68 Å². The van der Waals surface area contributed by atoms with Crippen molar-refractivity contribution in [1.29, 1.82) is 0 Å². The van der Waals surface area contributed by atoms with Gasteiger partial charge in [-0.15, -0.1) is 0 Å². The molecule has 1 unspecified atom stereocenters. The molecule has 0 amide bonds. The van der Waals surface area contributed by atoms with Gasteiger partial charge in [0.15, 0.2) is 0 Å². The van der Waals surface area contributed by atoms with Gasteiger partial charge in [0, 0.05) is 5.70 Å². The van der Waals surface area contributed by atoms with E-state index in [1.807, 2.05) is 45.0 Å². The number of allylic oxidation sites excluding steroid dienone is 1. The smallest absolute Gasteiger partial charge is 0.338 e. The number of nitrogens with zero attached hydrogens (tertiary/aromatic N) is 3. The summed E-state index contributed by atoms with van der Waals surface area (Å²) in [5.74, 6) is 1.03. The topological polar surface area (TPSA) is 69.0 Å². The summed E-state index contributed by atoms with van der Waals surface area (Å²) in [6.45, 7) is 8.14. The van der Waals surface area contributed by atoms with E-state index in [9.17, 15) is 4.79 Å². The molecule has 0 saturated heterocycles. The molecule has 1 aliphatic rings. The van der Waals surface area contributed by atoms with Crippen LogP contribution in [0, 0.1) is 13.8 Å². The number of hydrogen-bond acceptors (Lipinski definition) is 5. The maximum Gasteiger partial charge on any atom is 0.338 e. The van der Waals surface area contributed by atoms with E-state index in [-0.39, 0.29) is 12.0 Å². The fraction of sp³-hybridized carbons (Fsp3) is 0.421. The van der Waals surface area contributed by atoms with Crippen molar-refractivity contribution in [3.63, 3.8) is 0 Å². The summed E-state index contributed by atoms with van der Waals surface area (Å²) in [4.78, 5) is 17.2. The lowest BCUT2D eigenvalue weighted by atomic mass is 9.93. The van der Waals surface area contributed by atoms with Gasteiger partial charge < -0.3 is 10.1 Å². The highest BCUT2D eigenvalue weighted by molar-refractivity contribution is 5.92. The van der Waals surface area contributed by atoms with Gasteiger partial charge in [0.1, 0.15) is 11.9 Å². The van der Waals surface area contributed by atoms with Gasteiger partial charge in [-0.2, -0.15) is 10.1 Å². The Morgan fingerprint density at radius 1 is 1.24 bits per heavy atom. The summed E-state index contributed by atoms with van der Waals surface area (Å²) in [6, 6.07) is 7.83. The zero-order valence-electron chi connectivity index (χ0n) is 15.2. The van der Waals surface area contributed by atoms with Crippen LogP contribution in [0.25, 0.3) is 0 Å². The quantitative estimate of drug-likeness (QED) is 0.843. The molecule has 0 fully saturated rings. The molecule has 1 N–H and O–H groups in total. The summed E-state index contributed by atoms with van der Waals surface area (Å²) in [7, 11) is 0. The van der Waals surface area contributed by atoms with Crippen molar-refractivity contribution in [2.24, 2.45) is 0 Å². The first kappa shape index (κ1) is 17.2. The molecule has 0 aliphatic carbocycles. The number of carbonyl (C=O) groups is 1. The minimum Gasteiger partial charge on any atom is -0.463 e. The Kier molecular flexibility index (Phi) is 4.88. The molecule has 2 heterocycles. The lowest BCUT2D eigenvalue weighted by Gasteiger charge is -2.29. The molecule has 6 heteroatoms. The third-order valence-electron chi connectivity index (χ3n) is 4.23. The molecule has 0 saturated carbocycles. The first-order valence-corrected chi connectivity index (χ1v) is 8.72. The van der Waals surface area contributed by atoms with Crippen LogP contribution in [0.1, 0.15) is 49.7 Å². The Hall–Kier alpha value is -2.63. The van der Waals surface area contributed by atoms with Crippen LogP contribution in [0.4, 0.5) is 5.95 Å². The second kappa shape index (κ2) is 7.09. The maximum absolute atomic E-state index is 12.8. The number of hydrogen-bond donors (Lipinski definition) is 1. The van der Waals surface area contributed by atoms with E-state index < -0.39 is 0 Å². The van der Waals surface area contributed by atoms with Crippen molar-refractivity contribution < 1.29 is 9.53 Å². The molecule has 1 aliphatic heterocycles. The van der Waals surface area contributed by atoms with Gasteiger partial charge in [-0.05, 0) is 32.8 Å². The average molecular weight is 340 g/mol. The highest BCUT2D eigenvalue weighted by Crippen LogP contribution is 2.37. The van der Waals surface area contributed by atoms with Crippen LogP contribution in [0.5, 0.6) is 0 Å². The van der Waals surface area contributed by atoms with Crippen LogP contribution in [-0.2, 0) is 9.53 Å². The second-order valence-electron chi connectivity index (χ2n) is 6.23. The fourth-order valence-electron chi connectivity index (χ4n) is 3.13. The van der Waals surface area contributed by atoms with Crippen molar-refractivity contribution >= 4 is 11.9 Å². The van der Waals surface area contributed by atoms with E-state index in [2.05, 4.69) is 22.3 Å². The van der Waals surface area contributed by atoms with Crippen LogP contribution >= 0.6 is 0 Å². The van der Waals surface area contributed by atoms with Crippen LogP contribution < -0.4 is 5.32 Å². The second-order valence-corrected chi connectivity index (χ2v) is 6.23. The van der Waals surface area contributed by atoms with E-state index in [4.69, 9.17) is 4.74 Å². The first-order valence-electron chi connectivity index (χ1n) is 8.72. The Balaban J connectivity index is 2.18. The van der Waals surface area contributed by atoms with E-state index in [0.717, 1.165) is 24.1 Å². The Morgan fingerprint density at radius 3 is 2.60 bits per heavy atom. The lowest BCUT2D eigenvalue weighted by molar-refractivity contribution is -0.139. The number of aryl methyl sites for hydroxylation is 2. The highest BCUT2D eigenvalue weighted by Gasteiger charge is 2.35. The third kappa shape index (κ3) is 3.29. The molecule has 1 atom stereocenters. The average Bonchev–Trinajstić information content (AvgIpc) is 2.95. The van der Waals surface area contributed by atoms with Crippen LogP contribution in [0.3, 0.4) is 0 Å². The Bertz CT molecular complexity index is 805. The minimum atomic E-state index is -0.335. The number of esters is 1. The van der Waals surface area contributed by atoms with E-state index in [0.29, 0.717) is 24.0 Å². The van der Waals surface area contributed by atoms with Crippen LogP contribution in [0.2, 0.25) is 0 Å². The molecule has 25 heavy (non-hydrogen) atoms. The van der Waals surface area contributed by atoms with Crippen molar-refractivity contribution in [2.75, 3.05) is 11.9 Å². The van der Waals surface area contributed by atoms with Gasteiger partial charge >= 0.3 is 5.97 Å². The van der Waals surface area contributed by atoms with Gasteiger partial charge in [-0.25, -0.2) is 9.48 Å². The van der Waals surface area contributed by atoms with Crippen LogP contribution in [0.15, 0.2) is 35.5 Å². The molecule has 6 nitrogen and oxygen atoms in total. The number of benzene rings is 1. The number of anilines is 1. The molecule has 132 valence electrons. The molecule has 3 rings (SSSR count). The van der Waals surface area contributed by atoms with Crippen molar-refractivity contribution in [1.82, 2.24) is 14.8 Å². The first-order chi connectivity index (χ1) is 12.0. The minimum absolute atomic E-state index is 0.303. The van der Waals surface area contributed by atoms with E-state index >= 15 is 0 Å². The molecule has 0 radical (unpaired) electrons. The number of fused-ring (bicyclic) bond motifs is 1. The van der Waals surface area contributed by atoms with Crippen LogP contribution in [-0.4, -0.2) is 27.3 Å². The fourth-order valence-corrected chi connectivity index (χ4v) is 3.13. The van der Waals surface area contributed by atoms with Gasteiger partial charge in [0.2, 0.25) is 5.95 Å². The van der Waals surface area contributed by atoms with Gasteiger partial charge in [0.05, 0.1) is 12.2 Å². The van der Waals surface area contributed by atoms with Crippen molar-refractivity contribution in [3.05, 3.63) is 52.5 Å². The summed E-state index contributed by atoms with van der Waals surface area (Å²) in [5, 5.41) is 7.81. The van der Waals surface area contributed by atoms with E-state index in [1.165, 1.54) is 5.56 Å². The monoisotopic (exact) mass is 340 g/mol. The largest absolute Gasteiger partial charge is 0.463 e. The van der Waals surface area contributed by atoms with Crippen molar-refractivity contribution in [3.8, 4) is 0 Å². The predicted molar refractivity (Wildman–Crippen MR) is 96.3 cm³/mol. The molecule has 1 aromatic heterocycles. The van der Waals surface area contributed by atoms with Crippen molar-refractivity contribution in [2.45, 2.75) is 46.6 Å². The Morgan fingerprint density at radius 2 is 1.96 bits per heavy atom. The third-order valence-corrected chi connectivity index (χ3v) is 4.23. The number of carbonyl (C=O) groups excluding carboxylic acids is 1. The highest BCUT2D eigenvalue weighted by atomic mass is 16.5.